The Labute approximate surface area is 164 Å². The van der Waals surface area contributed by atoms with E-state index in [0.29, 0.717) is 28.9 Å². The second-order valence-corrected chi connectivity index (χ2v) is 7.41. The van der Waals surface area contributed by atoms with Crippen LogP contribution in [0.3, 0.4) is 0 Å². The molecule has 0 fully saturated rings. The van der Waals surface area contributed by atoms with Gasteiger partial charge < -0.3 is 13.7 Å². The SMILES string of the molecule is COCCn1c(=NC(=O)c2cc3ccccc3oc2=O)sc2cc(C)ccc21. The van der Waals surface area contributed by atoms with E-state index >= 15 is 0 Å². The predicted octanol–water partition coefficient (Wildman–Crippen LogP) is 3.51. The normalized spacial score (nSPS) is 12.1. The van der Waals surface area contributed by atoms with E-state index in [1.807, 2.05) is 29.7 Å². The summed E-state index contributed by atoms with van der Waals surface area (Å²) in [6.45, 7) is 3.05. The van der Waals surface area contributed by atoms with Crippen LogP contribution in [-0.4, -0.2) is 24.2 Å². The fraction of sp³-hybridized carbons (Fsp3) is 0.190. The monoisotopic (exact) mass is 394 g/mol. The zero-order valence-corrected chi connectivity index (χ0v) is 16.3. The van der Waals surface area contributed by atoms with Crippen molar-refractivity contribution in [3.8, 4) is 0 Å². The first kappa shape index (κ1) is 18.3. The molecular formula is C21H18N2O4S. The number of fused-ring (bicyclic) bond motifs is 2. The Bertz CT molecular complexity index is 1310. The van der Waals surface area contributed by atoms with Crippen molar-refractivity contribution in [1.29, 1.82) is 0 Å². The second-order valence-electron chi connectivity index (χ2n) is 6.40. The molecule has 0 saturated carbocycles. The van der Waals surface area contributed by atoms with Crippen LogP contribution in [0.2, 0.25) is 0 Å². The molecule has 2 heterocycles. The van der Waals surface area contributed by atoms with Gasteiger partial charge in [-0.15, -0.1) is 0 Å². The Morgan fingerprint density at radius 3 is 2.86 bits per heavy atom. The summed E-state index contributed by atoms with van der Waals surface area (Å²) in [5, 5.41) is 0.680. The number of hydrogen-bond donors (Lipinski definition) is 0. The average molecular weight is 394 g/mol. The molecule has 0 unspecified atom stereocenters. The van der Waals surface area contributed by atoms with Crippen LogP contribution in [0.5, 0.6) is 0 Å². The molecule has 2 aromatic carbocycles. The van der Waals surface area contributed by atoms with E-state index in [1.165, 1.54) is 17.4 Å². The molecule has 0 N–H and O–H groups in total. The van der Waals surface area contributed by atoms with Crippen molar-refractivity contribution >= 4 is 38.4 Å². The molecule has 7 heteroatoms. The highest BCUT2D eigenvalue weighted by Gasteiger charge is 2.14. The third kappa shape index (κ3) is 3.42. The molecule has 0 aliphatic heterocycles. The number of aryl methyl sites for hydroxylation is 1. The van der Waals surface area contributed by atoms with Crippen LogP contribution in [0.15, 0.2) is 62.7 Å². The van der Waals surface area contributed by atoms with E-state index in [0.717, 1.165) is 15.8 Å². The number of aromatic nitrogens is 1. The van der Waals surface area contributed by atoms with E-state index < -0.39 is 11.5 Å². The molecule has 0 saturated heterocycles. The molecule has 142 valence electrons. The summed E-state index contributed by atoms with van der Waals surface area (Å²) in [6, 6.07) is 14.7. The zero-order valence-electron chi connectivity index (χ0n) is 15.5. The lowest BCUT2D eigenvalue weighted by molar-refractivity contribution is 0.0994. The maximum absolute atomic E-state index is 12.8. The number of hydrogen-bond acceptors (Lipinski definition) is 5. The lowest BCUT2D eigenvalue weighted by atomic mass is 10.2. The van der Waals surface area contributed by atoms with Gasteiger partial charge in [0.1, 0.15) is 11.1 Å². The van der Waals surface area contributed by atoms with Crippen LogP contribution >= 0.6 is 11.3 Å². The number of carbonyl (C=O) groups is 1. The molecule has 1 amide bonds. The quantitative estimate of drug-likeness (QED) is 0.497. The maximum atomic E-state index is 12.8. The highest BCUT2D eigenvalue weighted by atomic mass is 32.1. The Hall–Kier alpha value is -3.03. The Balaban J connectivity index is 1.86. The molecule has 0 atom stereocenters. The Morgan fingerprint density at radius 2 is 2.04 bits per heavy atom. The summed E-state index contributed by atoms with van der Waals surface area (Å²) in [6.07, 6.45) is 0. The number of benzene rings is 2. The second kappa shape index (κ2) is 7.53. The van der Waals surface area contributed by atoms with Gasteiger partial charge in [0.2, 0.25) is 0 Å². The Morgan fingerprint density at radius 1 is 1.21 bits per heavy atom. The summed E-state index contributed by atoms with van der Waals surface area (Å²) in [7, 11) is 1.63. The maximum Gasteiger partial charge on any atom is 0.349 e. The van der Waals surface area contributed by atoms with Crippen LogP contribution in [-0.2, 0) is 11.3 Å². The molecule has 2 aromatic heterocycles. The first-order valence-electron chi connectivity index (χ1n) is 8.78. The van der Waals surface area contributed by atoms with Crippen LogP contribution < -0.4 is 10.4 Å². The third-order valence-electron chi connectivity index (χ3n) is 4.43. The van der Waals surface area contributed by atoms with Gasteiger partial charge >= 0.3 is 5.63 Å². The number of thiazole rings is 1. The van der Waals surface area contributed by atoms with Gasteiger partial charge in [0, 0.05) is 19.0 Å². The molecule has 4 rings (SSSR count). The summed E-state index contributed by atoms with van der Waals surface area (Å²) in [4.78, 5) is 29.8. The van der Waals surface area contributed by atoms with Crippen LogP contribution in [0, 0.1) is 6.92 Å². The number of nitrogens with zero attached hydrogens (tertiary/aromatic N) is 2. The van der Waals surface area contributed by atoms with Gasteiger partial charge in [0.25, 0.3) is 5.91 Å². The largest absolute Gasteiger partial charge is 0.422 e. The number of rotatable bonds is 4. The lowest BCUT2D eigenvalue weighted by Crippen LogP contribution is -2.21. The van der Waals surface area contributed by atoms with Gasteiger partial charge in [-0.05, 0) is 36.8 Å². The number of methoxy groups -OCH3 is 1. The topological polar surface area (TPSA) is 73.8 Å². The molecule has 6 nitrogen and oxygen atoms in total. The smallest absolute Gasteiger partial charge is 0.349 e. The highest BCUT2D eigenvalue weighted by Crippen LogP contribution is 2.19. The molecule has 0 spiro atoms. The molecule has 0 bridgehead atoms. The van der Waals surface area contributed by atoms with Crippen molar-refractivity contribution in [3.63, 3.8) is 0 Å². The summed E-state index contributed by atoms with van der Waals surface area (Å²) in [5.74, 6) is -0.617. The van der Waals surface area contributed by atoms with Crippen molar-refractivity contribution in [2.45, 2.75) is 13.5 Å². The number of ether oxygens (including phenoxy) is 1. The average Bonchev–Trinajstić information content (AvgIpc) is 3.01. The third-order valence-corrected chi connectivity index (χ3v) is 5.47. The molecule has 0 aliphatic carbocycles. The van der Waals surface area contributed by atoms with Crippen LogP contribution in [0.25, 0.3) is 21.2 Å². The summed E-state index contributed by atoms with van der Waals surface area (Å²) >= 11 is 1.41. The van der Waals surface area contributed by atoms with Crippen molar-refractivity contribution in [2.75, 3.05) is 13.7 Å². The fourth-order valence-electron chi connectivity index (χ4n) is 3.02. The number of para-hydroxylation sites is 1. The van der Waals surface area contributed by atoms with E-state index in [9.17, 15) is 9.59 Å². The highest BCUT2D eigenvalue weighted by molar-refractivity contribution is 7.16. The molecular weight excluding hydrogens is 376 g/mol. The standard InChI is InChI=1S/C21H18N2O4S/c1-13-7-8-16-18(11-13)28-21(23(16)9-10-26-2)22-19(24)15-12-14-5-3-4-6-17(14)27-20(15)25/h3-8,11-12H,9-10H2,1-2H3. The Kier molecular flexibility index (Phi) is 4.93. The van der Waals surface area contributed by atoms with Gasteiger partial charge in [-0.3, -0.25) is 4.79 Å². The first-order valence-corrected chi connectivity index (χ1v) is 9.59. The first-order chi connectivity index (χ1) is 13.6. The molecule has 0 radical (unpaired) electrons. The van der Waals surface area contributed by atoms with Gasteiger partial charge in [0.05, 0.1) is 16.8 Å². The summed E-state index contributed by atoms with van der Waals surface area (Å²) in [5.41, 5.74) is 1.78. The number of amides is 1. The van der Waals surface area contributed by atoms with Gasteiger partial charge in [0.15, 0.2) is 4.80 Å². The number of carbonyl (C=O) groups excluding carboxylic acids is 1. The van der Waals surface area contributed by atoms with E-state index in [4.69, 9.17) is 9.15 Å². The predicted molar refractivity (Wildman–Crippen MR) is 109 cm³/mol. The van der Waals surface area contributed by atoms with E-state index in [2.05, 4.69) is 11.1 Å². The van der Waals surface area contributed by atoms with Gasteiger partial charge in [-0.2, -0.15) is 4.99 Å². The van der Waals surface area contributed by atoms with Crippen molar-refractivity contribution in [1.82, 2.24) is 4.57 Å². The lowest BCUT2D eigenvalue weighted by Gasteiger charge is -2.04. The van der Waals surface area contributed by atoms with Crippen LogP contribution in [0.4, 0.5) is 0 Å². The minimum Gasteiger partial charge on any atom is -0.422 e. The molecule has 4 aromatic rings. The van der Waals surface area contributed by atoms with Crippen molar-refractivity contribution in [2.24, 2.45) is 4.99 Å². The molecule has 0 aliphatic rings. The van der Waals surface area contributed by atoms with Gasteiger partial charge in [-0.1, -0.05) is 35.6 Å². The van der Waals surface area contributed by atoms with E-state index in [-0.39, 0.29) is 5.56 Å². The van der Waals surface area contributed by atoms with Crippen LogP contribution in [0.1, 0.15) is 15.9 Å². The molecule has 28 heavy (non-hydrogen) atoms. The minimum atomic E-state index is -0.687. The van der Waals surface area contributed by atoms with Crippen molar-refractivity contribution in [3.05, 3.63) is 74.9 Å². The fourth-order valence-corrected chi connectivity index (χ4v) is 4.18. The zero-order chi connectivity index (χ0) is 19.7. The minimum absolute atomic E-state index is 0.0781. The van der Waals surface area contributed by atoms with Gasteiger partial charge in [-0.25, -0.2) is 4.79 Å². The summed E-state index contributed by atoms with van der Waals surface area (Å²) < 4.78 is 13.4. The van der Waals surface area contributed by atoms with Crippen molar-refractivity contribution < 1.29 is 13.9 Å². The van der Waals surface area contributed by atoms with E-state index in [1.54, 1.807) is 25.3 Å².